The lowest BCUT2D eigenvalue weighted by Gasteiger charge is -2.36. The van der Waals surface area contributed by atoms with Crippen LogP contribution in [0.25, 0.3) is 0 Å². The van der Waals surface area contributed by atoms with Crippen LogP contribution in [0.5, 0.6) is 0 Å². The lowest BCUT2D eigenvalue weighted by Crippen LogP contribution is -2.51. The van der Waals surface area contributed by atoms with Gasteiger partial charge in [0.25, 0.3) is 0 Å². The highest BCUT2D eigenvalue weighted by Crippen LogP contribution is 2.15. The highest BCUT2D eigenvalue weighted by molar-refractivity contribution is 5.74. The Bertz CT molecular complexity index is 435. The Morgan fingerprint density at radius 1 is 1.50 bits per heavy atom. The number of hydrogen-bond acceptors (Lipinski definition) is 3. The molecule has 1 aliphatic heterocycles. The summed E-state index contributed by atoms with van der Waals surface area (Å²) in [5.41, 5.74) is 0.891. The Labute approximate surface area is 121 Å². The molecule has 110 valence electrons. The molecule has 20 heavy (non-hydrogen) atoms. The number of likely N-dealkylation sites (tertiary alicyclic amines) is 1. The summed E-state index contributed by atoms with van der Waals surface area (Å²) in [4.78, 5) is 20.7. The van der Waals surface area contributed by atoms with E-state index in [1.165, 1.54) is 0 Å². The number of nitrogens with zero attached hydrogens (tertiary/aromatic N) is 3. The molecule has 2 heterocycles. The number of nitrogens with one attached hydrogen (secondary N) is 1. The first-order valence-corrected chi connectivity index (χ1v) is 7.20. The number of urea groups is 1. The number of carbonyl (C=O) groups is 1. The van der Waals surface area contributed by atoms with Crippen molar-refractivity contribution in [1.29, 1.82) is 0 Å². The van der Waals surface area contributed by atoms with Crippen LogP contribution in [0.15, 0.2) is 24.4 Å². The van der Waals surface area contributed by atoms with E-state index < -0.39 is 0 Å². The van der Waals surface area contributed by atoms with E-state index in [-0.39, 0.29) is 12.1 Å². The Morgan fingerprint density at radius 3 is 2.95 bits per heavy atom. The first-order valence-electron chi connectivity index (χ1n) is 7.20. The minimum atomic E-state index is -0.0663. The van der Waals surface area contributed by atoms with Crippen LogP contribution in [0.4, 0.5) is 4.79 Å². The van der Waals surface area contributed by atoms with Crippen molar-refractivity contribution >= 4 is 6.03 Å². The molecular weight excluding hydrogens is 252 g/mol. The van der Waals surface area contributed by atoms with Gasteiger partial charge in [0.2, 0.25) is 0 Å². The second-order valence-corrected chi connectivity index (χ2v) is 5.63. The number of rotatable bonds is 3. The van der Waals surface area contributed by atoms with Gasteiger partial charge >= 0.3 is 6.03 Å². The fourth-order valence-corrected chi connectivity index (χ4v) is 2.54. The van der Waals surface area contributed by atoms with Crippen LogP contribution in [-0.4, -0.2) is 54.0 Å². The molecule has 0 bridgehead atoms. The molecule has 0 radical (unpaired) electrons. The van der Waals surface area contributed by atoms with Crippen molar-refractivity contribution in [3.63, 3.8) is 0 Å². The minimum Gasteiger partial charge on any atom is -0.330 e. The Balaban J connectivity index is 1.91. The van der Waals surface area contributed by atoms with E-state index in [9.17, 15) is 4.79 Å². The van der Waals surface area contributed by atoms with Crippen molar-refractivity contribution in [2.24, 2.45) is 0 Å². The molecule has 0 saturated carbocycles. The number of aromatic nitrogens is 1. The van der Waals surface area contributed by atoms with Crippen molar-refractivity contribution in [2.45, 2.75) is 31.8 Å². The smallest absolute Gasteiger partial charge is 0.317 e. The maximum absolute atomic E-state index is 12.3. The lowest BCUT2D eigenvalue weighted by molar-refractivity contribution is 0.138. The standard InChI is InChI=1S/C15H24N4O/c1-12(14-8-4-5-9-16-14)17-15(20)19-10-6-7-13(11-19)18(2)3/h4-5,8-9,12-13H,6-7,10-11H2,1-3H3,(H,17,20)/t12-,13-/m1/s1. The molecule has 1 saturated heterocycles. The maximum atomic E-state index is 12.3. The molecule has 0 spiro atoms. The molecule has 2 rings (SSSR count). The van der Waals surface area contributed by atoms with Crippen LogP contribution >= 0.6 is 0 Å². The topological polar surface area (TPSA) is 48.5 Å². The predicted octanol–water partition coefficient (Wildman–Crippen LogP) is 1.88. The van der Waals surface area contributed by atoms with Gasteiger partial charge < -0.3 is 15.1 Å². The zero-order valence-corrected chi connectivity index (χ0v) is 12.5. The van der Waals surface area contributed by atoms with E-state index in [4.69, 9.17) is 0 Å². The molecule has 1 aromatic heterocycles. The van der Waals surface area contributed by atoms with Crippen LogP contribution in [0.1, 0.15) is 31.5 Å². The van der Waals surface area contributed by atoms with Crippen molar-refractivity contribution in [1.82, 2.24) is 20.1 Å². The highest BCUT2D eigenvalue weighted by Gasteiger charge is 2.25. The molecule has 1 aliphatic rings. The lowest BCUT2D eigenvalue weighted by atomic mass is 10.1. The molecule has 2 amide bonds. The van der Waals surface area contributed by atoms with E-state index in [1.54, 1.807) is 6.20 Å². The van der Waals surface area contributed by atoms with Crippen LogP contribution in [0.3, 0.4) is 0 Å². The summed E-state index contributed by atoms with van der Waals surface area (Å²) in [5.74, 6) is 0. The average molecular weight is 276 g/mol. The van der Waals surface area contributed by atoms with E-state index >= 15 is 0 Å². The average Bonchev–Trinajstić information content (AvgIpc) is 2.48. The van der Waals surface area contributed by atoms with Gasteiger partial charge in [0, 0.05) is 25.3 Å². The second-order valence-electron chi connectivity index (χ2n) is 5.63. The third-order valence-corrected chi connectivity index (χ3v) is 3.89. The van der Waals surface area contributed by atoms with Crippen molar-refractivity contribution in [3.8, 4) is 0 Å². The quantitative estimate of drug-likeness (QED) is 0.917. The molecule has 0 aliphatic carbocycles. The molecule has 5 nitrogen and oxygen atoms in total. The van der Waals surface area contributed by atoms with Crippen LogP contribution in [0, 0.1) is 0 Å². The number of pyridine rings is 1. The molecule has 5 heteroatoms. The first-order chi connectivity index (χ1) is 9.58. The normalized spacial score (nSPS) is 20.8. The van der Waals surface area contributed by atoms with Crippen LogP contribution in [0.2, 0.25) is 0 Å². The van der Waals surface area contributed by atoms with Crippen molar-refractivity contribution < 1.29 is 4.79 Å². The van der Waals surface area contributed by atoms with Crippen LogP contribution < -0.4 is 5.32 Å². The Morgan fingerprint density at radius 2 is 2.30 bits per heavy atom. The zero-order chi connectivity index (χ0) is 14.5. The largest absolute Gasteiger partial charge is 0.330 e. The third kappa shape index (κ3) is 3.70. The predicted molar refractivity (Wildman–Crippen MR) is 79.5 cm³/mol. The molecule has 1 fully saturated rings. The fourth-order valence-electron chi connectivity index (χ4n) is 2.54. The summed E-state index contributed by atoms with van der Waals surface area (Å²) in [6.45, 7) is 3.60. The number of piperidine rings is 1. The monoisotopic (exact) mass is 276 g/mol. The highest BCUT2D eigenvalue weighted by atomic mass is 16.2. The summed E-state index contributed by atoms with van der Waals surface area (Å²) in [5, 5.41) is 3.03. The van der Waals surface area contributed by atoms with E-state index in [0.717, 1.165) is 31.6 Å². The van der Waals surface area contributed by atoms with Gasteiger partial charge in [-0.2, -0.15) is 0 Å². The minimum absolute atomic E-state index is 0.00898. The Kier molecular flexibility index (Phi) is 4.95. The van der Waals surface area contributed by atoms with Gasteiger partial charge in [0.15, 0.2) is 0 Å². The summed E-state index contributed by atoms with van der Waals surface area (Å²) in [6, 6.07) is 6.15. The molecule has 0 aromatic carbocycles. The summed E-state index contributed by atoms with van der Waals surface area (Å²) < 4.78 is 0. The van der Waals surface area contributed by atoms with E-state index in [0.29, 0.717) is 6.04 Å². The number of carbonyl (C=O) groups excluding carboxylic acids is 1. The third-order valence-electron chi connectivity index (χ3n) is 3.89. The van der Waals surface area contributed by atoms with Gasteiger partial charge in [-0.25, -0.2) is 4.79 Å². The molecule has 2 atom stereocenters. The van der Waals surface area contributed by atoms with Gasteiger partial charge in [-0.3, -0.25) is 4.98 Å². The number of hydrogen-bond donors (Lipinski definition) is 1. The molecule has 0 unspecified atom stereocenters. The van der Waals surface area contributed by atoms with E-state index in [1.807, 2.05) is 30.0 Å². The van der Waals surface area contributed by atoms with E-state index in [2.05, 4.69) is 29.3 Å². The molecule has 1 aromatic rings. The summed E-state index contributed by atoms with van der Waals surface area (Å²) in [6.07, 6.45) is 3.97. The van der Waals surface area contributed by atoms with Gasteiger partial charge in [-0.05, 0) is 46.0 Å². The van der Waals surface area contributed by atoms with Gasteiger partial charge in [0.05, 0.1) is 11.7 Å². The fraction of sp³-hybridized carbons (Fsp3) is 0.600. The van der Waals surface area contributed by atoms with Crippen LogP contribution in [-0.2, 0) is 0 Å². The zero-order valence-electron chi connectivity index (χ0n) is 12.5. The Hall–Kier alpha value is -1.62. The summed E-state index contributed by atoms with van der Waals surface area (Å²) in [7, 11) is 4.14. The number of amides is 2. The van der Waals surface area contributed by atoms with Gasteiger partial charge in [-0.1, -0.05) is 6.07 Å². The van der Waals surface area contributed by atoms with Crippen molar-refractivity contribution in [2.75, 3.05) is 27.2 Å². The first kappa shape index (κ1) is 14.8. The van der Waals surface area contributed by atoms with Gasteiger partial charge in [0.1, 0.15) is 0 Å². The van der Waals surface area contributed by atoms with Crippen molar-refractivity contribution in [3.05, 3.63) is 30.1 Å². The maximum Gasteiger partial charge on any atom is 0.317 e. The molecule has 1 N–H and O–H groups in total. The summed E-state index contributed by atoms with van der Waals surface area (Å²) >= 11 is 0. The molecular formula is C15H24N4O. The second kappa shape index (κ2) is 6.70. The van der Waals surface area contributed by atoms with Gasteiger partial charge in [-0.15, -0.1) is 0 Å². The number of likely N-dealkylation sites (N-methyl/N-ethyl adjacent to an activating group) is 1. The SMILES string of the molecule is C[C@@H](NC(=O)N1CCC[C@@H](N(C)C)C1)c1ccccn1.